The molecule has 0 atom stereocenters. The van der Waals surface area contributed by atoms with Crippen molar-refractivity contribution in [2.45, 2.75) is 24.3 Å². The molecule has 0 aliphatic heterocycles. The molecule has 2 rings (SSSR count). The van der Waals surface area contributed by atoms with Crippen LogP contribution < -0.4 is 5.73 Å². The maximum absolute atomic E-state index is 11.3. The molecule has 1 aromatic rings. The molecule has 0 heterocycles. The first-order valence-electron chi connectivity index (χ1n) is 4.94. The molecule has 4 nitrogen and oxygen atoms in total. The molecule has 0 aromatic heterocycles. The molecule has 0 unspecified atom stereocenters. The van der Waals surface area contributed by atoms with Gasteiger partial charge in [-0.2, -0.15) is 0 Å². The minimum Gasteiger partial charge on any atom is -0.507 e. The minimum atomic E-state index is -0.879. The highest BCUT2D eigenvalue weighted by atomic mass is 79.9. The van der Waals surface area contributed by atoms with Gasteiger partial charge in [0.05, 0.1) is 9.89 Å². The zero-order valence-corrected chi connectivity index (χ0v) is 10.1. The fraction of sp³-hybridized carbons (Fsp3) is 0.364. The lowest BCUT2D eigenvalue weighted by molar-refractivity contribution is -0.148. The average molecular weight is 286 g/mol. The number of phenolic OH excluding ortho intramolecular Hbond substituents is 1. The summed E-state index contributed by atoms with van der Waals surface area (Å²) >= 11 is 3.18. The van der Waals surface area contributed by atoms with Gasteiger partial charge in [-0.05, 0) is 46.5 Å². The molecular weight excluding hydrogens is 274 g/mol. The Morgan fingerprint density at radius 1 is 1.50 bits per heavy atom. The predicted octanol–water partition coefficient (Wildman–Crippen LogP) is 1.60. The number of halogens is 1. The van der Waals surface area contributed by atoms with Crippen molar-refractivity contribution < 1.29 is 15.0 Å². The van der Waals surface area contributed by atoms with Crippen LogP contribution in [-0.4, -0.2) is 22.2 Å². The summed E-state index contributed by atoms with van der Waals surface area (Å²) < 4.78 is 0.506. The van der Waals surface area contributed by atoms with Gasteiger partial charge in [0, 0.05) is 6.04 Å². The van der Waals surface area contributed by atoms with Gasteiger partial charge < -0.3 is 15.9 Å². The van der Waals surface area contributed by atoms with Gasteiger partial charge in [0.2, 0.25) is 0 Å². The molecule has 4 N–H and O–H groups in total. The normalized spacial score (nSPS) is 28.5. The van der Waals surface area contributed by atoms with Crippen molar-refractivity contribution >= 4 is 21.9 Å². The summed E-state index contributed by atoms with van der Waals surface area (Å²) in [6, 6.07) is 4.73. The van der Waals surface area contributed by atoms with E-state index < -0.39 is 11.4 Å². The second-order valence-corrected chi connectivity index (χ2v) is 5.08. The van der Waals surface area contributed by atoms with Crippen LogP contribution in [-0.2, 0) is 10.2 Å². The lowest BCUT2D eigenvalue weighted by Gasteiger charge is -2.43. The van der Waals surface area contributed by atoms with E-state index in [1.807, 2.05) is 0 Å². The van der Waals surface area contributed by atoms with Crippen LogP contribution in [0.4, 0.5) is 0 Å². The third-order valence-corrected chi connectivity index (χ3v) is 3.77. The summed E-state index contributed by atoms with van der Waals surface area (Å²) in [4.78, 5) is 11.3. The number of benzene rings is 1. The first kappa shape index (κ1) is 11.4. The highest BCUT2D eigenvalue weighted by Gasteiger charge is 2.50. The Morgan fingerprint density at radius 3 is 2.56 bits per heavy atom. The summed E-state index contributed by atoms with van der Waals surface area (Å²) in [6.07, 6.45) is 0.888. The molecule has 0 bridgehead atoms. The fourth-order valence-electron chi connectivity index (χ4n) is 2.17. The topological polar surface area (TPSA) is 83.6 Å². The molecule has 0 amide bonds. The van der Waals surface area contributed by atoms with Crippen molar-refractivity contribution in [2.24, 2.45) is 5.73 Å². The van der Waals surface area contributed by atoms with E-state index in [2.05, 4.69) is 15.9 Å². The van der Waals surface area contributed by atoms with Crippen LogP contribution in [0.25, 0.3) is 0 Å². The van der Waals surface area contributed by atoms with Crippen LogP contribution in [0.5, 0.6) is 5.75 Å². The summed E-state index contributed by atoms with van der Waals surface area (Å²) in [7, 11) is 0. The van der Waals surface area contributed by atoms with Crippen molar-refractivity contribution in [2.75, 3.05) is 0 Å². The zero-order chi connectivity index (χ0) is 11.9. The van der Waals surface area contributed by atoms with Gasteiger partial charge in [-0.1, -0.05) is 6.07 Å². The number of carbonyl (C=O) groups is 1. The van der Waals surface area contributed by atoms with Gasteiger partial charge in [-0.15, -0.1) is 0 Å². The average Bonchev–Trinajstić information content (AvgIpc) is 2.17. The summed E-state index contributed by atoms with van der Waals surface area (Å²) in [6.45, 7) is 0. The summed E-state index contributed by atoms with van der Waals surface area (Å²) in [5.41, 5.74) is 5.48. The number of phenols is 1. The Balaban J connectivity index is 2.41. The van der Waals surface area contributed by atoms with Crippen LogP contribution in [0.3, 0.4) is 0 Å². The van der Waals surface area contributed by atoms with Crippen molar-refractivity contribution in [3.05, 3.63) is 28.2 Å². The molecule has 1 aliphatic rings. The van der Waals surface area contributed by atoms with E-state index in [9.17, 15) is 15.0 Å². The van der Waals surface area contributed by atoms with Crippen LogP contribution >= 0.6 is 15.9 Å². The van der Waals surface area contributed by atoms with Gasteiger partial charge in [-0.3, -0.25) is 4.79 Å². The standard InChI is InChI=1S/C11H12BrNO3/c12-8-3-6(1-2-9(8)14)11(10(15)16)4-7(13)5-11/h1-3,7,14H,4-5,13H2,(H,15,16). The highest BCUT2D eigenvalue weighted by Crippen LogP contribution is 2.44. The third kappa shape index (κ3) is 1.60. The molecule has 1 aromatic carbocycles. The van der Waals surface area contributed by atoms with E-state index in [4.69, 9.17) is 5.73 Å². The van der Waals surface area contributed by atoms with Gasteiger partial charge in [0.15, 0.2) is 0 Å². The molecule has 1 aliphatic carbocycles. The lowest BCUT2D eigenvalue weighted by atomic mass is 9.62. The third-order valence-electron chi connectivity index (χ3n) is 3.13. The molecule has 0 saturated heterocycles. The summed E-state index contributed by atoms with van der Waals surface area (Å²) in [5.74, 6) is -0.750. The lowest BCUT2D eigenvalue weighted by Crippen LogP contribution is -2.54. The Kier molecular flexibility index (Phi) is 2.67. The van der Waals surface area contributed by atoms with Crippen LogP contribution in [0.15, 0.2) is 22.7 Å². The van der Waals surface area contributed by atoms with Crippen molar-refractivity contribution in [3.8, 4) is 5.75 Å². The molecule has 0 spiro atoms. The Hall–Kier alpha value is -1.07. The number of hydrogen-bond acceptors (Lipinski definition) is 3. The Labute approximate surface area is 101 Å². The minimum absolute atomic E-state index is 0.0521. The van der Waals surface area contributed by atoms with E-state index in [1.54, 1.807) is 12.1 Å². The van der Waals surface area contributed by atoms with Gasteiger partial charge in [0.25, 0.3) is 0 Å². The second-order valence-electron chi connectivity index (χ2n) is 4.22. The monoisotopic (exact) mass is 285 g/mol. The maximum Gasteiger partial charge on any atom is 0.314 e. The Bertz CT molecular complexity index is 441. The van der Waals surface area contributed by atoms with E-state index in [0.717, 1.165) is 0 Å². The quantitative estimate of drug-likeness (QED) is 0.771. The number of carboxylic acid groups (broad SMARTS) is 1. The highest BCUT2D eigenvalue weighted by molar-refractivity contribution is 9.10. The predicted molar refractivity (Wildman–Crippen MR) is 62.3 cm³/mol. The van der Waals surface area contributed by atoms with Crippen LogP contribution in [0, 0.1) is 0 Å². The van der Waals surface area contributed by atoms with Crippen LogP contribution in [0.2, 0.25) is 0 Å². The van der Waals surface area contributed by atoms with Crippen molar-refractivity contribution in [1.82, 2.24) is 0 Å². The first-order chi connectivity index (χ1) is 7.45. The number of carboxylic acids is 1. The summed E-state index contributed by atoms with van der Waals surface area (Å²) in [5, 5.41) is 18.7. The van der Waals surface area contributed by atoms with Crippen LogP contribution in [0.1, 0.15) is 18.4 Å². The van der Waals surface area contributed by atoms with E-state index >= 15 is 0 Å². The molecule has 1 fully saturated rings. The molecule has 0 radical (unpaired) electrons. The molecule has 1 saturated carbocycles. The second kappa shape index (κ2) is 3.75. The number of rotatable bonds is 2. The number of aromatic hydroxyl groups is 1. The van der Waals surface area contributed by atoms with E-state index in [-0.39, 0.29) is 11.8 Å². The molecule has 86 valence electrons. The molecular formula is C11H12BrNO3. The zero-order valence-electron chi connectivity index (χ0n) is 8.48. The SMILES string of the molecule is NC1CC(C(=O)O)(c2ccc(O)c(Br)c2)C1. The van der Waals surface area contributed by atoms with Crippen molar-refractivity contribution in [1.29, 1.82) is 0 Å². The number of hydrogen-bond donors (Lipinski definition) is 3. The maximum atomic E-state index is 11.3. The van der Waals surface area contributed by atoms with E-state index in [1.165, 1.54) is 6.07 Å². The number of aliphatic carboxylic acids is 1. The van der Waals surface area contributed by atoms with Crippen molar-refractivity contribution in [3.63, 3.8) is 0 Å². The molecule has 16 heavy (non-hydrogen) atoms. The largest absolute Gasteiger partial charge is 0.507 e. The molecule has 5 heteroatoms. The van der Waals surface area contributed by atoms with Gasteiger partial charge >= 0.3 is 5.97 Å². The van der Waals surface area contributed by atoms with E-state index in [0.29, 0.717) is 22.9 Å². The Morgan fingerprint density at radius 2 is 2.12 bits per heavy atom. The number of nitrogens with two attached hydrogens (primary N) is 1. The van der Waals surface area contributed by atoms with Gasteiger partial charge in [0.1, 0.15) is 5.75 Å². The first-order valence-corrected chi connectivity index (χ1v) is 5.73. The van der Waals surface area contributed by atoms with Gasteiger partial charge in [-0.25, -0.2) is 0 Å². The smallest absolute Gasteiger partial charge is 0.314 e. The fourth-order valence-corrected chi connectivity index (χ4v) is 2.55.